The van der Waals surface area contributed by atoms with Gasteiger partial charge >= 0.3 is 0 Å². The van der Waals surface area contributed by atoms with Gasteiger partial charge in [-0.15, -0.1) is 11.3 Å². The molecule has 4 nitrogen and oxygen atoms in total. The number of aromatic nitrogens is 1. The third kappa shape index (κ3) is 3.09. The van der Waals surface area contributed by atoms with Gasteiger partial charge in [0.25, 0.3) is 0 Å². The number of anilines is 1. The Kier molecular flexibility index (Phi) is 4.63. The molecular weight excluding hydrogens is 316 g/mol. The highest BCUT2D eigenvalue weighted by Gasteiger charge is 2.24. The Morgan fingerprint density at radius 3 is 2.73 bits per heavy atom. The molecule has 0 N–H and O–H groups in total. The quantitative estimate of drug-likeness (QED) is 0.862. The molecule has 2 heterocycles. The molecule has 1 unspecified atom stereocenters. The number of nitriles is 1. The van der Waals surface area contributed by atoms with Gasteiger partial charge in [-0.25, -0.2) is 4.98 Å². The summed E-state index contributed by atoms with van der Waals surface area (Å²) >= 11 is 7.68. The van der Waals surface area contributed by atoms with E-state index in [1.807, 2.05) is 23.7 Å². The molecule has 22 heavy (non-hydrogen) atoms. The van der Waals surface area contributed by atoms with Gasteiger partial charge in [0.1, 0.15) is 11.1 Å². The van der Waals surface area contributed by atoms with Gasteiger partial charge in [0, 0.05) is 42.8 Å². The molecule has 0 amide bonds. The van der Waals surface area contributed by atoms with Crippen molar-refractivity contribution in [1.82, 2.24) is 9.88 Å². The lowest BCUT2D eigenvalue weighted by atomic mass is 10.1. The fourth-order valence-electron chi connectivity index (χ4n) is 2.82. The molecule has 0 saturated carbocycles. The summed E-state index contributed by atoms with van der Waals surface area (Å²) in [7, 11) is 0. The number of nitrogens with zero attached hydrogens (tertiary/aromatic N) is 4. The molecule has 6 heteroatoms. The van der Waals surface area contributed by atoms with E-state index in [2.05, 4.69) is 27.8 Å². The van der Waals surface area contributed by atoms with E-state index in [-0.39, 0.29) is 0 Å². The zero-order valence-corrected chi connectivity index (χ0v) is 13.9. The average Bonchev–Trinajstić information content (AvgIpc) is 3.08. The Morgan fingerprint density at radius 1 is 1.32 bits per heavy atom. The van der Waals surface area contributed by atoms with E-state index in [4.69, 9.17) is 11.6 Å². The first-order valence-corrected chi connectivity index (χ1v) is 8.53. The average molecular weight is 333 g/mol. The Labute approximate surface area is 139 Å². The summed E-state index contributed by atoms with van der Waals surface area (Å²) in [5, 5.41) is 13.1. The Bertz CT molecular complexity index is 672. The van der Waals surface area contributed by atoms with Crippen LogP contribution in [0.1, 0.15) is 23.5 Å². The Morgan fingerprint density at radius 2 is 2.09 bits per heavy atom. The minimum absolute atomic E-state index is 0.350. The highest BCUT2D eigenvalue weighted by atomic mass is 35.5. The van der Waals surface area contributed by atoms with Gasteiger partial charge in [0.05, 0.1) is 17.3 Å². The molecule has 114 valence electrons. The first-order valence-electron chi connectivity index (χ1n) is 7.27. The van der Waals surface area contributed by atoms with E-state index in [1.54, 1.807) is 17.4 Å². The highest BCUT2D eigenvalue weighted by Crippen LogP contribution is 2.27. The summed E-state index contributed by atoms with van der Waals surface area (Å²) in [6, 6.07) is 8.12. The fourth-order valence-corrected chi connectivity index (χ4v) is 3.72. The number of hydrogen-bond acceptors (Lipinski definition) is 5. The topological polar surface area (TPSA) is 43.2 Å². The van der Waals surface area contributed by atoms with Crippen LogP contribution < -0.4 is 4.90 Å². The monoisotopic (exact) mass is 332 g/mol. The molecular formula is C16H17ClN4S. The van der Waals surface area contributed by atoms with Crippen molar-refractivity contribution in [2.45, 2.75) is 13.0 Å². The van der Waals surface area contributed by atoms with Crippen molar-refractivity contribution in [3.8, 4) is 6.07 Å². The maximum absolute atomic E-state index is 9.29. The lowest BCUT2D eigenvalue weighted by Crippen LogP contribution is -2.47. The van der Waals surface area contributed by atoms with Crippen LogP contribution in [0.5, 0.6) is 0 Å². The molecule has 1 aliphatic heterocycles. The van der Waals surface area contributed by atoms with Crippen LogP contribution in [0.25, 0.3) is 0 Å². The SMILES string of the molecule is CC(c1nccs1)N1CCN(c2ccc(Cl)cc2C#N)CC1. The number of piperazine rings is 1. The lowest BCUT2D eigenvalue weighted by molar-refractivity contribution is 0.198. The summed E-state index contributed by atoms with van der Waals surface area (Å²) in [5.41, 5.74) is 1.63. The normalized spacial score (nSPS) is 17.2. The number of rotatable bonds is 3. The van der Waals surface area contributed by atoms with Crippen LogP contribution in [0, 0.1) is 11.3 Å². The van der Waals surface area contributed by atoms with Gasteiger partial charge in [-0.1, -0.05) is 11.6 Å². The Balaban J connectivity index is 1.68. The van der Waals surface area contributed by atoms with Crippen molar-refractivity contribution in [3.63, 3.8) is 0 Å². The minimum Gasteiger partial charge on any atom is -0.368 e. The third-order valence-electron chi connectivity index (χ3n) is 4.09. The molecule has 3 rings (SSSR count). The second kappa shape index (κ2) is 6.66. The predicted octanol–water partition coefficient (Wildman–Crippen LogP) is 3.55. The van der Waals surface area contributed by atoms with Gasteiger partial charge in [-0.05, 0) is 25.1 Å². The summed E-state index contributed by atoms with van der Waals surface area (Å²) in [5.74, 6) is 0. The maximum Gasteiger partial charge on any atom is 0.109 e. The molecule has 1 fully saturated rings. The molecule has 0 aliphatic carbocycles. The van der Waals surface area contributed by atoms with Gasteiger partial charge in [-0.3, -0.25) is 4.90 Å². The van der Waals surface area contributed by atoms with Gasteiger partial charge in [-0.2, -0.15) is 5.26 Å². The standard InChI is InChI=1S/C16H17ClN4S/c1-12(16-19-4-9-22-16)20-5-7-21(8-6-20)15-3-2-14(17)10-13(15)11-18/h2-4,9-10,12H,5-8H2,1H3. The number of halogens is 1. The fraction of sp³-hybridized carbons (Fsp3) is 0.375. The largest absolute Gasteiger partial charge is 0.368 e. The molecule has 1 aromatic heterocycles. The number of hydrogen-bond donors (Lipinski definition) is 0. The molecule has 1 saturated heterocycles. The van der Waals surface area contributed by atoms with Crippen molar-refractivity contribution >= 4 is 28.6 Å². The molecule has 0 radical (unpaired) electrons. The van der Waals surface area contributed by atoms with Crippen LogP contribution >= 0.6 is 22.9 Å². The Hall–Kier alpha value is -1.61. The van der Waals surface area contributed by atoms with Gasteiger partial charge < -0.3 is 4.90 Å². The van der Waals surface area contributed by atoms with Crippen LogP contribution in [0.2, 0.25) is 5.02 Å². The lowest BCUT2D eigenvalue weighted by Gasteiger charge is -2.38. The van der Waals surface area contributed by atoms with E-state index >= 15 is 0 Å². The molecule has 0 spiro atoms. The van der Waals surface area contributed by atoms with Gasteiger partial charge in [0.15, 0.2) is 0 Å². The summed E-state index contributed by atoms with van der Waals surface area (Å²) in [6.07, 6.45) is 1.86. The van der Waals surface area contributed by atoms with Crippen molar-refractivity contribution < 1.29 is 0 Å². The highest BCUT2D eigenvalue weighted by molar-refractivity contribution is 7.09. The van der Waals surface area contributed by atoms with Crippen molar-refractivity contribution in [3.05, 3.63) is 45.4 Å². The van der Waals surface area contributed by atoms with Crippen molar-refractivity contribution in [1.29, 1.82) is 5.26 Å². The van der Waals surface area contributed by atoms with Crippen LogP contribution in [-0.2, 0) is 0 Å². The second-order valence-corrected chi connectivity index (χ2v) is 6.71. The van der Waals surface area contributed by atoms with E-state index < -0.39 is 0 Å². The first-order chi connectivity index (χ1) is 10.7. The van der Waals surface area contributed by atoms with E-state index in [9.17, 15) is 5.26 Å². The summed E-state index contributed by atoms with van der Waals surface area (Å²) in [6.45, 7) is 5.96. The van der Waals surface area contributed by atoms with Crippen LogP contribution in [0.4, 0.5) is 5.69 Å². The maximum atomic E-state index is 9.29. The molecule has 1 aliphatic rings. The van der Waals surface area contributed by atoms with Crippen LogP contribution in [0.3, 0.4) is 0 Å². The minimum atomic E-state index is 0.350. The zero-order chi connectivity index (χ0) is 15.5. The molecule has 1 aromatic carbocycles. The molecule has 1 atom stereocenters. The van der Waals surface area contributed by atoms with Crippen LogP contribution in [-0.4, -0.2) is 36.1 Å². The summed E-state index contributed by atoms with van der Waals surface area (Å²) in [4.78, 5) is 9.12. The van der Waals surface area contributed by atoms with Crippen molar-refractivity contribution in [2.24, 2.45) is 0 Å². The zero-order valence-electron chi connectivity index (χ0n) is 12.4. The third-order valence-corrected chi connectivity index (χ3v) is 5.27. The molecule has 2 aromatic rings. The number of benzene rings is 1. The smallest absolute Gasteiger partial charge is 0.109 e. The van der Waals surface area contributed by atoms with E-state index in [0.717, 1.165) is 36.9 Å². The van der Waals surface area contributed by atoms with E-state index in [1.165, 1.54) is 0 Å². The predicted molar refractivity (Wildman–Crippen MR) is 90.5 cm³/mol. The summed E-state index contributed by atoms with van der Waals surface area (Å²) < 4.78 is 0. The van der Waals surface area contributed by atoms with Crippen LogP contribution in [0.15, 0.2) is 29.8 Å². The van der Waals surface area contributed by atoms with E-state index in [0.29, 0.717) is 16.6 Å². The molecule has 0 bridgehead atoms. The first kappa shape index (κ1) is 15.3. The van der Waals surface area contributed by atoms with Crippen molar-refractivity contribution in [2.75, 3.05) is 31.1 Å². The second-order valence-electron chi connectivity index (χ2n) is 5.34. The number of thiazole rings is 1. The van der Waals surface area contributed by atoms with Gasteiger partial charge in [0.2, 0.25) is 0 Å².